The van der Waals surface area contributed by atoms with Gasteiger partial charge in [-0.15, -0.1) is 0 Å². The highest BCUT2D eigenvalue weighted by atomic mass is 16.5. The molecule has 2 fully saturated rings. The zero-order valence-electron chi connectivity index (χ0n) is 20.1. The summed E-state index contributed by atoms with van der Waals surface area (Å²) in [6.45, 7) is 3.25. The highest BCUT2D eigenvalue weighted by Gasteiger charge is 2.63. The third-order valence-corrected chi connectivity index (χ3v) is 9.42. The van der Waals surface area contributed by atoms with Gasteiger partial charge in [0.15, 0.2) is 5.78 Å². The van der Waals surface area contributed by atoms with Crippen LogP contribution in [0, 0.1) is 22.2 Å². The second-order valence-electron chi connectivity index (χ2n) is 10.7. The molecule has 2 unspecified atom stereocenters. The van der Waals surface area contributed by atoms with E-state index in [1.165, 1.54) is 16.7 Å². The molecule has 0 bridgehead atoms. The van der Waals surface area contributed by atoms with Gasteiger partial charge >= 0.3 is 0 Å². The van der Waals surface area contributed by atoms with Crippen LogP contribution in [0.15, 0.2) is 52.2 Å². The second kappa shape index (κ2) is 8.59. The van der Waals surface area contributed by atoms with Crippen LogP contribution in [0.4, 0.5) is 0 Å². The minimum atomic E-state index is -0.277. The van der Waals surface area contributed by atoms with E-state index in [0.29, 0.717) is 24.9 Å². The Kier molecular flexibility index (Phi) is 5.90. The number of hydrogen-bond acceptors (Lipinski definition) is 5. The van der Waals surface area contributed by atoms with E-state index >= 15 is 0 Å². The fourth-order valence-electron chi connectivity index (χ4n) is 7.83. The molecule has 0 radical (unpaired) electrons. The van der Waals surface area contributed by atoms with Crippen molar-refractivity contribution in [2.75, 3.05) is 20.8 Å². The maximum Gasteiger partial charge on any atom is 0.156 e. The molecule has 2 saturated carbocycles. The summed E-state index contributed by atoms with van der Waals surface area (Å²) >= 11 is 0. The summed E-state index contributed by atoms with van der Waals surface area (Å²) in [6.07, 6.45) is 8.72. The third kappa shape index (κ3) is 3.47. The lowest BCUT2D eigenvalue weighted by Crippen LogP contribution is -2.54. The van der Waals surface area contributed by atoms with E-state index in [9.17, 15) is 9.70 Å². The minimum Gasteiger partial charge on any atom is -0.382 e. The van der Waals surface area contributed by atoms with Gasteiger partial charge in [0.1, 0.15) is 6.54 Å². The molecule has 1 aromatic rings. The molecule has 5 atom stereocenters. The van der Waals surface area contributed by atoms with Crippen LogP contribution in [-0.2, 0) is 20.8 Å². The quantitative estimate of drug-likeness (QED) is 0.509. The van der Waals surface area contributed by atoms with Crippen LogP contribution in [0.25, 0.3) is 0 Å². The van der Waals surface area contributed by atoms with Gasteiger partial charge in [-0.2, -0.15) is 4.91 Å². The van der Waals surface area contributed by atoms with Crippen molar-refractivity contribution in [1.29, 1.82) is 0 Å². The summed E-state index contributed by atoms with van der Waals surface area (Å²) in [5, 5.41) is 3.05. The molecule has 0 spiro atoms. The third-order valence-electron chi connectivity index (χ3n) is 9.42. The molecular weight excluding hydrogens is 414 g/mol. The van der Waals surface area contributed by atoms with Gasteiger partial charge < -0.3 is 9.47 Å². The molecule has 5 heteroatoms. The van der Waals surface area contributed by atoms with Crippen LogP contribution in [0.5, 0.6) is 0 Å². The Morgan fingerprint density at radius 3 is 2.58 bits per heavy atom. The predicted octanol–water partition coefficient (Wildman–Crippen LogP) is 5.88. The molecule has 0 N–H and O–H groups in total. The van der Waals surface area contributed by atoms with Gasteiger partial charge in [-0.1, -0.05) is 41.9 Å². The first-order valence-corrected chi connectivity index (χ1v) is 12.3. The molecule has 4 aliphatic carbocycles. The zero-order valence-corrected chi connectivity index (χ0v) is 20.1. The number of ether oxygens (including phenoxy) is 2. The van der Waals surface area contributed by atoms with Crippen molar-refractivity contribution in [3.05, 3.63) is 63.1 Å². The van der Waals surface area contributed by atoms with Crippen molar-refractivity contribution in [3.8, 4) is 0 Å². The molecule has 0 amide bonds. The maximum absolute atomic E-state index is 12.2. The van der Waals surface area contributed by atoms with Gasteiger partial charge in [0.05, 0.1) is 12.2 Å². The number of carbonyl (C=O) groups is 1. The molecule has 33 heavy (non-hydrogen) atoms. The van der Waals surface area contributed by atoms with Gasteiger partial charge in [-0.25, -0.2) is 0 Å². The van der Waals surface area contributed by atoms with E-state index in [4.69, 9.17) is 9.47 Å². The Hall–Kier alpha value is -2.11. The Labute approximate surface area is 196 Å². The fraction of sp³-hybridized carbons (Fsp3) is 0.607. The van der Waals surface area contributed by atoms with Crippen LogP contribution in [0.3, 0.4) is 0 Å². The summed E-state index contributed by atoms with van der Waals surface area (Å²) in [4.78, 5) is 22.9. The summed E-state index contributed by atoms with van der Waals surface area (Å²) in [5.74, 6) is 1.63. The highest BCUT2D eigenvalue weighted by Crippen LogP contribution is 2.67. The molecule has 4 aliphatic rings. The molecule has 0 aromatic heterocycles. The van der Waals surface area contributed by atoms with Crippen LogP contribution in [0.2, 0.25) is 0 Å². The van der Waals surface area contributed by atoms with Gasteiger partial charge in [0, 0.05) is 32.0 Å². The molecule has 5 nitrogen and oxygen atoms in total. The van der Waals surface area contributed by atoms with E-state index in [0.717, 1.165) is 44.1 Å². The lowest BCUT2D eigenvalue weighted by atomic mass is 9.51. The van der Waals surface area contributed by atoms with Crippen LogP contribution < -0.4 is 0 Å². The summed E-state index contributed by atoms with van der Waals surface area (Å²) in [6, 6.07) is 8.46. The smallest absolute Gasteiger partial charge is 0.156 e. The van der Waals surface area contributed by atoms with E-state index < -0.39 is 0 Å². The minimum absolute atomic E-state index is 0.00583. The molecular formula is C28H35NO4. The Morgan fingerprint density at radius 1 is 1.09 bits per heavy atom. The molecule has 5 rings (SSSR count). The number of fused-ring (bicyclic) bond motifs is 4. The van der Waals surface area contributed by atoms with Gasteiger partial charge in [-0.05, 0) is 78.7 Å². The first kappa shape index (κ1) is 22.7. The number of ketones is 1. The lowest BCUT2D eigenvalue weighted by molar-refractivity contribution is -0.149. The van der Waals surface area contributed by atoms with Crippen molar-refractivity contribution >= 4 is 5.78 Å². The highest BCUT2D eigenvalue weighted by molar-refractivity contribution is 5.93. The van der Waals surface area contributed by atoms with Crippen LogP contribution in [-0.4, -0.2) is 32.2 Å². The number of carbonyl (C=O) groups excluding carboxylic acids is 1. The van der Waals surface area contributed by atoms with Crippen LogP contribution >= 0.6 is 0 Å². The van der Waals surface area contributed by atoms with Gasteiger partial charge in [0.2, 0.25) is 0 Å². The number of rotatable bonds is 6. The maximum atomic E-state index is 12.2. The van der Waals surface area contributed by atoms with Crippen molar-refractivity contribution in [3.63, 3.8) is 0 Å². The fourth-order valence-corrected chi connectivity index (χ4v) is 7.83. The molecule has 0 aliphatic heterocycles. The van der Waals surface area contributed by atoms with Crippen LogP contribution in [0.1, 0.15) is 68.9 Å². The molecule has 0 saturated heterocycles. The predicted molar refractivity (Wildman–Crippen MR) is 128 cm³/mol. The number of allylic oxidation sites excluding steroid dienone is 4. The molecule has 1 aromatic carbocycles. The SMILES string of the molecule is COCC1(OC)CC[C@H]2[C@@H]3CCC4=CC(=O)CCC4=C3C(c3ccc(CN=O)cc3)C[C@@]21C. The number of methoxy groups -OCH3 is 2. The first-order chi connectivity index (χ1) is 16.0. The summed E-state index contributed by atoms with van der Waals surface area (Å²) in [5.41, 5.74) is 6.28. The number of nitroso groups, excluding NO2 is 1. The average Bonchev–Trinajstić information content (AvgIpc) is 3.11. The van der Waals surface area contributed by atoms with Crippen molar-refractivity contribution in [2.24, 2.45) is 22.4 Å². The van der Waals surface area contributed by atoms with Crippen molar-refractivity contribution in [1.82, 2.24) is 0 Å². The number of hydrogen-bond donors (Lipinski definition) is 0. The first-order valence-electron chi connectivity index (χ1n) is 12.3. The zero-order chi connectivity index (χ0) is 23.2. The Bertz CT molecular complexity index is 1010. The summed E-state index contributed by atoms with van der Waals surface area (Å²) < 4.78 is 12.0. The Balaban J connectivity index is 1.65. The van der Waals surface area contributed by atoms with E-state index in [1.54, 1.807) is 12.7 Å². The average molecular weight is 450 g/mol. The number of benzene rings is 1. The molecule has 176 valence electrons. The largest absolute Gasteiger partial charge is 0.382 e. The van der Waals surface area contributed by atoms with Gasteiger partial charge in [-0.3, -0.25) is 4.79 Å². The number of nitrogens with zero attached hydrogens (tertiary/aromatic N) is 1. The molecule has 0 heterocycles. The normalized spacial score (nSPS) is 35.5. The topological polar surface area (TPSA) is 65.0 Å². The van der Waals surface area contributed by atoms with Crippen molar-refractivity contribution < 1.29 is 14.3 Å². The second-order valence-corrected chi connectivity index (χ2v) is 10.7. The Morgan fingerprint density at radius 2 is 1.88 bits per heavy atom. The van der Waals surface area contributed by atoms with Gasteiger partial charge in [0.25, 0.3) is 0 Å². The van der Waals surface area contributed by atoms with Crippen molar-refractivity contribution in [2.45, 2.75) is 69.9 Å². The van der Waals surface area contributed by atoms with E-state index in [1.807, 2.05) is 25.3 Å². The lowest BCUT2D eigenvalue weighted by Gasteiger charge is -2.55. The summed E-state index contributed by atoms with van der Waals surface area (Å²) in [7, 11) is 3.63. The monoisotopic (exact) mass is 449 g/mol. The van der Waals surface area contributed by atoms with E-state index in [2.05, 4.69) is 24.2 Å². The van der Waals surface area contributed by atoms with E-state index in [-0.39, 0.29) is 29.3 Å². The standard InChI is InChI=1S/C28H35NO4/c1-27-15-24(19-6-4-18(5-7-19)16-29-31)26-22-11-9-21(30)14-20(22)8-10-23(26)25(27)12-13-28(27,33-3)17-32-2/h4-7,14,23-25H,8-13,15-17H2,1-3H3/t23-,24?,25-,27-,28?/m0/s1.